The van der Waals surface area contributed by atoms with Gasteiger partial charge in [0.15, 0.2) is 0 Å². The van der Waals surface area contributed by atoms with E-state index in [1.54, 1.807) is 13.0 Å². The zero-order valence-corrected chi connectivity index (χ0v) is 12.2. The predicted molar refractivity (Wildman–Crippen MR) is 78.4 cm³/mol. The topological polar surface area (TPSA) is 57.3 Å². The zero-order chi connectivity index (χ0) is 15.0. The second kappa shape index (κ2) is 5.09. The number of hydrogen-bond acceptors (Lipinski definition) is 4. The van der Waals surface area contributed by atoms with Crippen LogP contribution in [0.2, 0.25) is 0 Å². The molecule has 0 atom stereocenters. The number of carbonyl (C=O) groups excluding carboxylic acids is 1. The van der Waals surface area contributed by atoms with Gasteiger partial charge in [0.2, 0.25) is 0 Å². The number of carbonyl (C=O) groups is 1. The van der Waals surface area contributed by atoms with Crippen LogP contribution >= 0.6 is 0 Å². The van der Waals surface area contributed by atoms with E-state index in [1.807, 2.05) is 31.2 Å². The summed E-state index contributed by atoms with van der Waals surface area (Å²) < 4.78 is 12.5. The molecule has 0 spiro atoms. The standard InChI is InChI=1S/C16H16N2O3/c1-10-13(16(19)20-3)8-12(21-10)9-18-11(2)17-14-6-4-5-7-15(14)18/h4-8H,9H2,1-3H3. The number of hydrogen-bond donors (Lipinski definition) is 0. The van der Waals surface area contributed by atoms with Gasteiger partial charge in [-0.15, -0.1) is 0 Å². The van der Waals surface area contributed by atoms with E-state index in [2.05, 4.69) is 9.55 Å². The number of aromatic nitrogens is 2. The SMILES string of the molecule is COC(=O)c1cc(Cn2c(C)nc3ccccc32)oc1C. The summed E-state index contributed by atoms with van der Waals surface area (Å²) in [6.07, 6.45) is 0. The summed E-state index contributed by atoms with van der Waals surface area (Å²) in [5.41, 5.74) is 2.46. The van der Waals surface area contributed by atoms with Crippen LogP contribution in [0.3, 0.4) is 0 Å². The summed E-state index contributed by atoms with van der Waals surface area (Å²) in [5.74, 6) is 1.80. The maximum Gasteiger partial charge on any atom is 0.341 e. The van der Waals surface area contributed by atoms with Crippen LogP contribution in [0.1, 0.15) is 27.7 Å². The van der Waals surface area contributed by atoms with E-state index in [-0.39, 0.29) is 5.97 Å². The first-order chi connectivity index (χ1) is 10.1. The van der Waals surface area contributed by atoms with Gasteiger partial charge in [0.05, 0.1) is 24.7 Å². The summed E-state index contributed by atoms with van der Waals surface area (Å²) in [4.78, 5) is 16.1. The first kappa shape index (κ1) is 13.4. The Bertz CT molecular complexity index is 814. The highest BCUT2D eigenvalue weighted by molar-refractivity contribution is 5.90. The average Bonchev–Trinajstić information content (AvgIpc) is 2.99. The number of imidazole rings is 1. The predicted octanol–water partition coefficient (Wildman–Crippen LogP) is 3.08. The Kier molecular flexibility index (Phi) is 3.25. The van der Waals surface area contributed by atoms with Crippen molar-refractivity contribution < 1.29 is 13.9 Å². The number of ether oxygens (including phenoxy) is 1. The van der Waals surface area contributed by atoms with Gasteiger partial charge in [0, 0.05) is 0 Å². The van der Waals surface area contributed by atoms with Gasteiger partial charge in [0.25, 0.3) is 0 Å². The average molecular weight is 284 g/mol. The normalized spacial score (nSPS) is 11.0. The van der Waals surface area contributed by atoms with Crippen molar-refractivity contribution in [2.45, 2.75) is 20.4 Å². The molecule has 3 rings (SSSR count). The molecule has 0 amide bonds. The van der Waals surface area contributed by atoms with Gasteiger partial charge in [-0.25, -0.2) is 9.78 Å². The molecule has 0 N–H and O–H groups in total. The van der Waals surface area contributed by atoms with E-state index in [0.29, 0.717) is 23.6 Å². The Hall–Kier alpha value is -2.56. The Morgan fingerprint density at radius 2 is 2.10 bits per heavy atom. The number of benzene rings is 1. The van der Waals surface area contributed by atoms with E-state index in [4.69, 9.17) is 9.15 Å². The minimum absolute atomic E-state index is 0.380. The molecule has 0 aliphatic rings. The first-order valence-corrected chi connectivity index (χ1v) is 6.69. The van der Waals surface area contributed by atoms with Gasteiger partial charge in [-0.05, 0) is 32.0 Å². The van der Waals surface area contributed by atoms with E-state index >= 15 is 0 Å². The molecule has 0 fully saturated rings. The van der Waals surface area contributed by atoms with Crippen LogP contribution in [0.25, 0.3) is 11.0 Å². The lowest BCUT2D eigenvalue weighted by Gasteiger charge is -2.03. The monoisotopic (exact) mass is 284 g/mol. The van der Waals surface area contributed by atoms with Gasteiger partial charge < -0.3 is 13.7 Å². The number of para-hydroxylation sites is 2. The number of aryl methyl sites for hydroxylation is 2. The lowest BCUT2D eigenvalue weighted by atomic mass is 10.2. The number of methoxy groups -OCH3 is 1. The number of furan rings is 1. The van der Waals surface area contributed by atoms with E-state index in [0.717, 1.165) is 16.9 Å². The zero-order valence-electron chi connectivity index (χ0n) is 12.2. The molecular formula is C16H16N2O3. The summed E-state index contributed by atoms with van der Waals surface area (Å²) in [7, 11) is 1.36. The maximum absolute atomic E-state index is 11.6. The molecule has 1 aromatic carbocycles. The molecule has 0 saturated carbocycles. The second-order valence-electron chi connectivity index (χ2n) is 4.91. The first-order valence-electron chi connectivity index (χ1n) is 6.69. The Balaban J connectivity index is 1.99. The van der Waals surface area contributed by atoms with Crippen LogP contribution in [0.4, 0.5) is 0 Å². The molecule has 108 valence electrons. The fraction of sp³-hybridized carbons (Fsp3) is 0.250. The molecule has 0 radical (unpaired) electrons. The van der Waals surface area contributed by atoms with Gasteiger partial charge in [0.1, 0.15) is 22.9 Å². The summed E-state index contributed by atoms with van der Waals surface area (Å²) >= 11 is 0. The number of fused-ring (bicyclic) bond motifs is 1. The van der Waals surface area contributed by atoms with Crippen molar-refractivity contribution in [2.24, 2.45) is 0 Å². The molecule has 0 saturated heterocycles. The van der Waals surface area contributed by atoms with Crippen LogP contribution in [0.5, 0.6) is 0 Å². The molecule has 5 heteroatoms. The highest BCUT2D eigenvalue weighted by atomic mass is 16.5. The van der Waals surface area contributed by atoms with Gasteiger partial charge in [-0.2, -0.15) is 0 Å². The molecule has 2 heterocycles. The second-order valence-corrected chi connectivity index (χ2v) is 4.91. The minimum Gasteiger partial charge on any atom is -0.465 e. The van der Waals surface area contributed by atoms with Crippen LogP contribution in [0.15, 0.2) is 34.7 Å². The highest BCUT2D eigenvalue weighted by Crippen LogP contribution is 2.21. The van der Waals surface area contributed by atoms with Gasteiger partial charge >= 0.3 is 5.97 Å². The molecule has 5 nitrogen and oxygen atoms in total. The molecule has 2 aromatic heterocycles. The summed E-state index contributed by atoms with van der Waals surface area (Å²) in [6.45, 7) is 4.25. The molecular weight excluding hydrogens is 268 g/mol. The van der Waals surface area contributed by atoms with Crippen LogP contribution < -0.4 is 0 Å². The number of nitrogens with zero attached hydrogens (tertiary/aromatic N) is 2. The van der Waals surface area contributed by atoms with Crippen molar-refractivity contribution in [1.82, 2.24) is 9.55 Å². The van der Waals surface area contributed by atoms with Crippen LogP contribution in [-0.2, 0) is 11.3 Å². The number of esters is 1. The summed E-state index contributed by atoms with van der Waals surface area (Å²) in [6, 6.07) is 9.67. The molecule has 0 bridgehead atoms. The lowest BCUT2D eigenvalue weighted by molar-refractivity contribution is 0.0599. The fourth-order valence-corrected chi connectivity index (χ4v) is 2.49. The summed E-state index contributed by atoms with van der Waals surface area (Å²) in [5, 5.41) is 0. The minimum atomic E-state index is -0.380. The lowest BCUT2D eigenvalue weighted by Crippen LogP contribution is -2.02. The third-order valence-corrected chi connectivity index (χ3v) is 3.53. The largest absolute Gasteiger partial charge is 0.465 e. The van der Waals surface area contributed by atoms with E-state index in [1.165, 1.54) is 7.11 Å². The van der Waals surface area contributed by atoms with Crippen molar-refractivity contribution in [2.75, 3.05) is 7.11 Å². The third-order valence-electron chi connectivity index (χ3n) is 3.53. The highest BCUT2D eigenvalue weighted by Gasteiger charge is 2.16. The van der Waals surface area contributed by atoms with Crippen molar-refractivity contribution in [3.63, 3.8) is 0 Å². The van der Waals surface area contributed by atoms with Crippen molar-refractivity contribution in [1.29, 1.82) is 0 Å². The molecule has 21 heavy (non-hydrogen) atoms. The maximum atomic E-state index is 11.6. The van der Waals surface area contributed by atoms with Crippen LogP contribution in [0, 0.1) is 13.8 Å². The van der Waals surface area contributed by atoms with Crippen molar-refractivity contribution >= 4 is 17.0 Å². The Morgan fingerprint density at radius 3 is 2.86 bits per heavy atom. The third kappa shape index (κ3) is 2.31. The van der Waals surface area contributed by atoms with Crippen molar-refractivity contribution in [3.05, 3.63) is 53.2 Å². The number of rotatable bonds is 3. The van der Waals surface area contributed by atoms with Crippen LogP contribution in [-0.4, -0.2) is 22.6 Å². The van der Waals surface area contributed by atoms with E-state index in [9.17, 15) is 4.79 Å². The van der Waals surface area contributed by atoms with Gasteiger partial charge in [-0.1, -0.05) is 12.1 Å². The van der Waals surface area contributed by atoms with E-state index < -0.39 is 0 Å². The quantitative estimate of drug-likeness (QED) is 0.693. The fourth-order valence-electron chi connectivity index (χ4n) is 2.49. The Labute approximate surface area is 122 Å². The molecule has 3 aromatic rings. The van der Waals surface area contributed by atoms with Crippen molar-refractivity contribution in [3.8, 4) is 0 Å². The Morgan fingerprint density at radius 1 is 1.33 bits per heavy atom. The molecule has 0 unspecified atom stereocenters. The van der Waals surface area contributed by atoms with Gasteiger partial charge in [-0.3, -0.25) is 0 Å². The molecule has 0 aliphatic heterocycles. The molecule has 0 aliphatic carbocycles. The smallest absolute Gasteiger partial charge is 0.341 e.